The number of hydrogen-bond donors (Lipinski definition) is 0. The van der Waals surface area contributed by atoms with Crippen molar-refractivity contribution in [1.82, 2.24) is 9.80 Å². The first-order valence-corrected chi connectivity index (χ1v) is 12.0. The molecule has 1 saturated heterocycles. The van der Waals surface area contributed by atoms with Gasteiger partial charge in [-0.15, -0.1) is 0 Å². The number of benzene rings is 1. The Kier molecular flexibility index (Phi) is 7.86. The molecule has 5 nitrogen and oxygen atoms in total. The van der Waals surface area contributed by atoms with E-state index in [1.807, 2.05) is 13.0 Å². The van der Waals surface area contributed by atoms with Gasteiger partial charge in [-0.1, -0.05) is 37.7 Å². The molecule has 2 heterocycles. The molecule has 0 aliphatic carbocycles. The maximum atomic E-state index is 12.8. The lowest BCUT2D eigenvalue weighted by Crippen LogP contribution is -2.30. The van der Waals surface area contributed by atoms with Crippen LogP contribution in [0.15, 0.2) is 56.2 Å². The number of fused-ring (bicyclic) bond motifs is 1. The van der Waals surface area contributed by atoms with E-state index >= 15 is 0 Å². The minimum Gasteiger partial charge on any atom is -0.335 e. The summed E-state index contributed by atoms with van der Waals surface area (Å²) >= 11 is 3.25. The molecule has 0 unspecified atom stereocenters. The highest BCUT2D eigenvalue weighted by atomic mass is 32.2. The number of carbonyl (C=O) groups excluding carboxylic acids is 1. The van der Waals surface area contributed by atoms with Crippen LogP contribution in [-0.4, -0.2) is 60.1 Å². The first-order valence-electron chi connectivity index (χ1n) is 10.4. The van der Waals surface area contributed by atoms with Crippen LogP contribution in [0.3, 0.4) is 0 Å². The topological polar surface area (TPSA) is 39.1 Å². The van der Waals surface area contributed by atoms with Crippen molar-refractivity contribution in [2.24, 2.45) is 4.99 Å². The Bertz CT molecular complexity index is 830. The number of hydrogen-bond acceptors (Lipinski definition) is 6. The van der Waals surface area contributed by atoms with Gasteiger partial charge in [0.2, 0.25) is 0 Å². The normalized spacial score (nSPS) is 20.7. The van der Waals surface area contributed by atoms with Crippen LogP contribution in [-0.2, 0) is 4.79 Å². The lowest BCUT2D eigenvalue weighted by Gasteiger charge is -2.17. The molecule has 2 aliphatic heterocycles. The van der Waals surface area contributed by atoms with E-state index in [-0.39, 0.29) is 5.91 Å². The predicted molar refractivity (Wildman–Crippen MR) is 127 cm³/mol. The molecule has 0 atom stereocenters. The second kappa shape index (κ2) is 10.4. The first kappa shape index (κ1) is 22.0. The summed E-state index contributed by atoms with van der Waals surface area (Å²) in [6.45, 7) is 13.7. The van der Waals surface area contributed by atoms with Gasteiger partial charge in [-0.2, -0.15) is 0 Å². The number of amides is 1. The van der Waals surface area contributed by atoms with Gasteiger partial charge in [-0.3, -0.25) is 14.7 Å². The average Bonchev–Trinajstić information content (AvgIpc) is 3.25. The standard InChI is InChI=1S/C22H30N4OS2/c1-5-24(6-2)16-15-23-22-26(8-4)21(27)19(29-22)13-14-20-25(7-3)17-11-9-10-12-18(17)28-20/h9-14H,5-8,15-16H2,1-4H3/b19-13-,20-14+,23-22?. The Morgan fingerprint density at radius 3 is 2.41 bits per heavy atom. The molecular weight excluding hydrogens is 400 g/mol. The summed E-state index contributed by atoms with van der Waals surface area (Å²) in [5.74, 6) is 0.0551. The maximum absolute atomic E-state index is 12.8. The van der Waals surface area contributed by atoms with Crippen LogP contribution in [0.2, 0.25) is 0 Å². The molecule has 3 rings (SSSR count). The van der Waals surface area contributed by atoms with Gasteiger partial charge in [-0.25, -0.2) is 0 Å². The fourth-order valence-electron chi connectivity index (χ4n) is 3.40. The van der Waals surface area contributed by atoms with Gasteiger partial charge < -0.3 is 9.80 Å². The van der Waals surface area contributed by atoms with Crippen molar-refractivity contribution in [3.63, 3.8) is 0 Å². The second-order valence-electron chi connectivity index (χ2n) is 6.69. The Balaban J connectivity index is 1.74. The van der Waals surface area contributed by atoms with E-state index in [1.165, 1.54) is 22.3 Å². The van der Waals surface area contributed by atoms with E-state index in [2.05, 4.69) is 60.9 Å². The van der Waals surface area contributed by atoms with Crippen LogP contribution in [0, 0.1) is 0 Å². The van der Waals surface area contributed by atoms with E-state index < -0.39 is 0 Å². The van der Waals surface area contributed by atoms with Crippen molar-refractivity contribution in [3.8, 4) is 0 Å². The minimum absolute atomic E-state index is 0.0551. The monoisotopic (exact) mass is 430 g/mol. The number of aliphatic imine (C=N–C) groups is 1. The summed E-state index contributed by atoms with van der Waals surface area (Å²) in [6, 6.07) is 8.43. The van der Waals surface area contributed by atoms with Gasteiger partial charge in [0.25, 0.3) is 5.91 Å². The molecule has 0 bridgehead atoms. The molecule has 0 N–H and O–H groups in total. The minimum atomic E-state index is 0.0551. The average molecular weight is 431 g/mol. The van der Waals surface area contributed by atoms with E-state index in [9.17, 15) is 4.79 Å². The Morgan fingerprint density at radius 1 is 1.00 bits per heavy atom. The summed E-state index contributed by atoms with van der Waals surface area (Å²) in [6.07, 6.45) is 4.03. The third-order valence-electron chi connectivity index (χ3n) is 5.09. The molecule has 0 radical (unpaired) electrons. The van der Waals surface area contributed by atoms with Gasteiger partial charge in [-0.05, 0) is 63.0 Å². The fourth-order valence-corrected chi connectivity index (χ4v) is 5.53. The smallest absolute Gasteiger partial charge is 0.266 e. The van der Waals surface area contributed by atoms with Crippen LogP contribution >= 0.6 is 23.5 Å². The number of allylic oxidation sites excluding steroid dienone is 2. The van der Waals surface area contributed by atoms with Gasteiger partial charge in [0.15, 0.2) is 5.17 Å². The first-order chi connectivity index (χ1) is 14.1. The molecule has 1 amide bonds. The fraction of sp³-hybridized carbons (Fsp3) is 0.455. The highest BCUT2D eigenvalue weighted by molar-refractivity contribution is 8.18. The summed E-state index contributed by atoms with van der Waals surface area (Å²) in [7, 11) is 0. The zero-order chi connectivity index (χ0) is 20.8. The van der Waals surface area contributed by atoms with Crippen LogP contribution in [0.4, 0.5) is 5.69 Å². The van der Waals surface area contributed by atoms with Gasteiger partial charge in [0.1, 0.15) is 0 Å². The Hall–Kier alpha value is -1.70. The molecule has 0 spiro atoms. The van der Waals surface area contributed by atoms with Crippen molar-refractivity contribution in [3.05, 3.63) is 46.4 Å². The summed E-state index contributed by atoms with van der Waals surface area (Å²) < 4.78 is 0. The number of carbonyl (C=O) groups is 1. The number of amidine groups is 1. The van der Waals surface area contributed by atoms with Gasteiger partial charge in [0, 0.05) is 24.5 Å². The van der Waals surface area contributed by atoms with E-state index in [0.29, 0.717) is 6.54 Å². The lowest BCUT2D eigenvalue weighted by molar-refractivity contribution is -0.122. The highest BCUT2D eigenvalue weighted by Crippen LogP contribution is 2.45. The molecule has 156 valence electrons. The van der Waals surface area contributed by atoms with Crippen molar-refractivity contribution in [2.75, 3.05) is 44.2 Å². The third-order valence-corrected chi connectivity index (χ3v) is 7.29. The zero-order valence-electron chi connectivity index (χ0n) is 17.7. The lowest BCUT2D eigenvalue weighted by atomic mass is 10.3. The largest absolute Gasteiger partial charge is 0.335 e. The molecule has 7 heteroatoms. The van der Waals surface area contributed by atoms with E-state index in [4.69, 9.17) is 4.99 Å². The number of nitrogens with zero attached hydrogens (tertiary/aromatic N) is 4. The van der Waals surface area contributed by atoms with Crippen LogP contribution in [0.5, 0.6) is 0 Å². The van der Waals surface area contributed by atoms with E-state index in [1.54, 1.807) is 16.7 Å². The summed E-state index contributed by atoms with van der Waals surface area (Å²) in [5, 5.41) is 1.98. The van der Waals surface area contributed by atoms with Crippen molar-refractivity contribution >= 4 is 40.3 Å². The Morgan fingerprint density at radius 2 is 1.72 bits per heavy atom. The van der Waals surface area contributed by atoms with Gasteiger partial charge in [0.05, 0.1) is 22.2 Å². The van der Waals surface area contributed by atoms with Crippen LogP contribution in [0.1, 0.15) is 27.7 Å². The quantitative estimate of drug-likeness (QED) is 0.562. The molecular formula is C22H30N4OS2. The third kappa shape index (κ3) is 4.90. The summed E-state index contributed by atoms with van der Waals surface area (Å²) in [4.78, 5) is 26.0. The van der Waals surface area contributed by atoms with E-state index in [0.717, 1.165) is 47.8 Å². The number of likely N-dealkylation sites (N-methyl/N-ethyl adjacent to an activating group) is 2. The van der Waals surface area contributed by atoms with Crippen molar-refractivity contribution < 1.29 is 4.79 Å². The molecule has 2 aliphatic rings. The summed E-state index contributed by atoms with van der Waals surface area (Å²) in [5.41, 5.74) is 1.24. The second-order valence-corrected chi connectivity index (χ2v) is 8.76. The van der Waals surface area contributed by atoms with Crippen molar-refractivity contribution in [1.29, 1.82) is 0 Å². The number of rotatable bonds is 8. The van der Waals surface area contributed by atoms with Gasteiger partial charge >= 0.3 is 0 Å². The van der Waals surface area contributed by atoms with Crippen LogP contribution < -0.4 is 4.90 Å². The zero-order valence-corrected chi connectivity index (χ0v) is 19.4. The molecule has 1 fully saturated rings. The number of anilines is 1. The highest BCUT2D eigenvalue weighted by Gasteiger charge is 2.32. The SMILES string of the molecule is CCN(CC)CCN=C1S/C(=C\C=C2\Sc3ccccc3N2CC)C(=O)N1CC. The molecule has 0 aromatic heterocycles. The molecule has 1 aromatic carbocycles. The number of thioether (sulfide) groups is 2. The Labute approximate surface area is 182 Å². The molecule has 1 aromatic rings. The van der Waals surface area contributed by atoms with Crippen LogP contribution in [0.25, 0.3) is 0 Å². The maximum Gasteiger partial charge on any atom is 0.266 e. The molecule has 29 heavy (non-hydrogen) atoms. The predicted octanol–water partition coefficient (Wildman–Crippen LogP) is 4.64. The molecule has 0 saturated carbocycles. The van der Waals surface area contributed by atoms with Crippen molar-refractivity contribution in [2.45, 2.75) is 32.6 Å². The number of para-hydroxylation sites is 1.